The van der Waals surface area contributed by atoms with E-state index in [-0.39, 0.29) is 17.2 Å². The molecule has 7 nitrogen and oxygen atoms in total. The van der Waals surface area contributed by atoms with E-state index in [2.05, 4.69) is 5.32 Å². The highest BCUT2D eigenvalue weighted by Crippen LogP contribution is 2.36. The van der Waals surface area contributed by atoms with E-state index in [1.807, 2.05) is 26.0 Å². The molecule has 1 aliphatic heterocycles. The number of nitrogens with one attached hydrogen (secondary N) is 1. The molecule has 3 rings (SSSR count). The maximum atomic E-state index is 12.9. The Morgan fingerprint density at radius 1 is 1.21 bits per heavy atom. The van der Waals surface area contributed by atoms with E-state index in [0.717, 1.165) is 11.1 Å². The molecular weight excluding hydrogens is 360 g/mol. The predicted octanol–water partition coefficient (Wildman–Crippen LogP) is 3.14. The number of anilines is 2. The van der Waals surface area contributed by atoms with Crippen molar-refractivity contribution in [1.29, 1.82) is 0 Å². The van der Waals surface area contributed by atoms with Crippen LogP contribution in [-0.4, -0.2) is 35.0 Å². The van der Waals surface area contributed by atoms with Crippen molar-refractivity contribution in [1.82, 2.24) is 0 Å². The normalized spacial score (nSPS) is 16.8. The molecule has 0 saturated carbocycles. The minimum absolute atomic E-state index is 0.0110. The predicted molar refractivity (Wildman–Crippen MR) is 105 cm³/mol. The fraction of sp³-hybridized carbons (Fsp3) is 0.286. The molecule has 0 spiro atoms. The number of amides is 2. The SMILES string of the molecule is Cc1cccc(NC(=O)C(C)N2C(=O)C(C)Oc3ccc(C(=O)O)cc32)c1C. The zero-order valence-corrected chi connectivity index (χ0v) is 16.1. The summed E-state index contributed by atoms with van der Waals surface area (Å²) in [7, 11) is 0. The standard InChI is InChI=1S/C21H22N2O5/c1-11-6-5-7-16(12(11)2)22-19(24)13(3)23-17-10-15(21(26)27)8-9-18(17)28-14(4)20(23)25/h5-10,13-14H,1-4H3,(H,22,24)(H,26,27). The van der Waals surface area contributed by atoms with E-state index < -0.39 is 24.0 Å². The molecule has 2 atom stereocenters. The number of hydrogen-bond donors (Lipinski definition) is 2. The van der Waals surface area contributed by atoms with Crippen LogP contribution >= 0.6 is 0 Å². The molecule has 146 valence electrons. The van der Waals surface area contributed by atoms with Gasteiger partial charge >= 0.3 is 5.97 Å². The van der Waals surface area contributed by atoms with Gasteiger partial charge in [-0.15, -0.1) is 0 Å². The molecule has 0 bridgehead atoms. The second-order valence-corrected chi connectivity index (χ2v) is 6.87. The van der Waals surface area contributed by atoms with Gasteiger partial charge in [-0.3, -0.25) is 14.5 Å². The Morgan fingerprint density at radius 3 is 2.61 bits per heavy atom. The molecule has 0 fully saturated rings. The number of fused-ring (bicyclic) bond motifs is 1. The number of ether oxygens (including phenoxy) is 1. The van der Waals surface area contributed by atoms with Crippen LogP contribution in [0.5, 0.6) is 5.75 Å². The quantitative estimate of drug-likeness (QED) is 0.847. The average molecular weight is 382 g/mol. The maximum Gasteiger partial charge on any atom is 0.335 e. The first kappa shape index (κ1) is 19.4. The molecular formula is C21H22N2O5. The van der Waals surface area contributed by atoms with Crippen molar-refractivity contribution >= 4 is 29.2 Å². The van der Waals surface area contributed by atoms with Crippen molar-refractivity contribution in [3.63, 3.8) is 0 Å². The van der Waals surface area contributed by atoms with Crippen molar-refractivity contribution < 1.29 is 24.2 Å². The van der Waals surface area contributed by atoms with Crippen LogP contribution in [0, 0.1) is 13.8 Å². The van der Waals surface area contributed by atoms with Gasteiger partial charge in [-0.2, -0.15) is 0 Å². The number of rotatable bonds is 4. The van der Waals surface area contributed by atoms with Gasteiger partial charge in [0.1, 0.15) is 11.8 Å². The molecule has 0 aromatic heterocycles. The summed E-state index contributed by atoms with van der Waals surface area (Å²) in [5.41, 5.74) is 2.94. The molecule has 0 saturated heterocycles. The summed E-state index contributed by atoms with van der Waals surface area (Å²) in [4.78, 5) is 38.3. The highest BCUT2D eigenvalue weighted by atomic mass is 16.5. The van der Waals surface area contributed by atoms with Gasteiger partial charge in [-0.1, -0.05) is 12.1 Å². The van der Waals surface area contributed by atoms with Gasteiger partial charge in [-0.05, 0) is 63.1 Å². The molecule has 7 heteroatoms. The Morgan fingerprint density at radius 2 is 1.93 bits per heavy atom. The lowest BCUT2D eigenvalue weighted by molar-refractivity contribution is -0.128. The minimum atomic E-state index is -1.12. The van der Waals surface area contributed by atoms with Crippen molar-refractivity contribution in [2.75, 3.05) is 10.2 Å². The van der Waals surface area contributed by atoms with Gasteiger partial charge in [0, 0.05) is 5.69 Å². The highest BCUT2D eigenvalue weighted by molar-refractivity contribution is 6.08. The van der Waals surface area contributed by atoms with E-state index in [1.54, 1.807) is 19.9 Å². The molecule has 0 aliphatic carbocycles. The zero-order chi connectivity index (χ0) is 20.6. The fourth-order valence-electron chi connectivity index (χ4n) is 3.13. The Balaban J connectivity index is 1.96. The monoisotopic (exact) mass is 382 g/mol. The van der Waals surface area contributed by atoms with Gasteiger partial charge in [-0.25, -0.2) is 4.79 Å². The molecule has 1 aliphatic rings. The van der Waals surface area contributed by atoms with Crippen molar-refractivity contribution in [3.05, 3.63) is 53.1 Å². The van der Waals surface area contributed by atoms with Crippen LogP contribution in [0.25, 0.3) is 0 Å². The first-order chi connectivity index (χ1) is 13.2. The molecule has 28 heavy (non-hydrogen) atoms. The first-order valence-electron chi connectivity index (χ1n) is 8.95. The number of carboxylic acid groups (broad SMARTS) is 1. The van der Waals surface area contributed by atoms with Crippen LogP contribution in [0.3, 0.4) is 0 Å². The number of aryl methyl sites for hydroxylation is 1. The van der Waals surface area contributed by atoms with Crippen molar-refractivity contribution in [2.45, 2.75) is 39.8 Å². The lowest BCUT2D eigenvalue weighted by Crippen LogP contribution is -2.52. The van der Waals surface area contributed by atoms with Crippen LogP contribution in [0.4, 0.5) is 11.4 Å². The number of benzene rings is 2. The average Bonchev–Trinajstić information content (AvgIpc) is 2.65. The fourth-order valence-corrected chi connectivity index (χ4v) is 3.13. The number of hydrogen-bond acceptors (Lipinski definition) is 4. The zero-order valence-electron chi connectivity index (χ0n) is 16.1. The Kier molecular flexibility index (Phi) is 5.09. The summed E-state index contributed by atoms with van der Waals surface area (Å²) in [6.45, 7) is 7.06. The summed E-state index contributed by atoms with van der Waals surface area (Å²) < 4.78 is 5.58. The van der Waals surface area contributed by atoms with Gasteiger partial charge in [0.15, 0.2) is 6.10 Å². The first-order valence-corrected chi connectivity index (χ1v) is 8.95. The van der Waals surface area contributed by atoms with Crippen LogP contribution in [0.1, 0.15) is 35.3 Å². The Bertz CT molecular complexity index is 969. The summed E-state index contributed by atoms with van der Waals surface area (Å²) in [6.07, 6.45) is -0.779. The van der Waals surface area contributed by atoms with Gasteiger partial charge in [0.2, 0.25) is 5.91 Å². The van der Waals surface area contributed by atoms with E-state index >= 15 is 0 Å². The van der Waals surface area contributed by atoms with Crippen LogP contribution in [0.2, 0.25) is 0 Å². The third-order valence-corrected chi connectivity index (χ3v) is 4.98. The maximum absolute atomic E-state index is 12.9. The minimum Gasteiger partial charge on any atom is -0.479 e. The van der Waals surface area contributed by atoms with Gasteiger partial charge < -0.3 is 15.2 Å². The molecule has 1 heterocycles. The lowest BCUT2D eigenvalue weighted by Gasteiger charge is -2.36. The van der Waals surface area contributed by atoms with Gasteiger partial charge in [0.25, 0.3) is 5.91 Å². The van der Waals surface area contributed by atoms with Crippen LogP contribution in [0.15, 0.2) is 36.4 Å². The Labute approximate surface area is 162 Å². The van der Waals surface area contributed by atoms with Crippen LogP contribution < -0.4 is 15.0 Å². The van der Waals surface area contributed by atoms with E-state index in [1.165, 1.54) is 23.1 Å². The molecule has 2 N–H and O–H groups in total. The smallest absolute Gasteiger partial charge is 0.335 e. The molecule has 0 radical (unpaired) electrons. The number of aromatic carboxylic acids is 1. The lowest BCUT2D eigenvalue weighted by atomic mass is 10.1. The number of carbonyl (C=O) groups excluding carboxylic acids is 2. The molecule has 2 amide bonds. The summed E-state index contributed by atoms with van der Waals surface area (Å²) in [5, 5.41) is 12.1. The third kappa shape index (κ3) is 3.43. The number of carboxylic acids is 1. The topological polar surface area (TPSA) is 95.9 Å². The molecule has 2 aromatic carbocycles. The number of carbonyl (C=O) groups is 3. The summed E-state index contributed by atoms with van der Waals surface area (Å²) in [5.74, 6) is -1.54. The summed E-state index contributed by atoms with van der Waals surface area (Å²) in [6, 6.07) is 8.99. The van der Waals surface area contributed by atoms with Crippen molar-refractivity contribution in [2.24, 2.45) is 0 Å². The van der Waals surface area contributed by atoms with Crippen molar-refractivity contribution in [3.8, 4) is 5.75 Å². The largest absolute Gasteiger partial charge is 0.479 e. The second-order valence-electron chi connectivity index (χ2n) is 6.87. The van der Waals surface area contributed by atoms with Gasteiger partial charge in [0.05, 0.1) is 11.3 Å². The van der Waals surface area contributed by atoms with E-state index in [9.17, 15) is 19.5 Å². The summed E-state index contributed by atoms with van der Waals surface area (Å²) >= 11 is 0. The third-order valence-electron chi connectivity index (χ3n) is 4.98. The van der Waals surface area contributed by atoms with Crippen LogP contribution in [-0.2, 0) is 9.59 Å². The molecule has 2 aromatic rings. The molecule has 2 unspecified atom stereocenters. The second kappa shape index (κ2) is 7.34. The van der Waals surface area contributed by atoms with E-state index in [0.29, 0.717) is 11.4 Å². The Hall–Kier alpha value is -3.35. The number of nitrogens with zero attached hydrogens (tertiary/aromatic N) is 1. The highest BCUT2D eigenvalue weighted by Gasteiger charge is 2.37. The van der Waals surface area contributed by atoms with E-state index in [4.69, 9.17) is 4.74 Å².